The molecule has 0 aliphatic carbocycles. The van der Waals surface area contributed by atoms with E-state index in [1.807, 2.05) is 12.3 Å². The summed E-state index contributed by atoms with van der Waals surface area (Å²) < 4.78 is 27.7. The second-order valence-electron chi connectivity index (χ2n) is 4.28. The third-order valence-electron chi connectivity index (χ3n) is 2.71. The summed E-state index contributed by atoms with van der Waals surface area (Å²) in [4.78, 5) is 5.73. The first-order valence-electron chi connectivity index (χ1n) is 5.72. The minimum absolute atomic E-state index is 0.108. The van der Waals surface area contributed by atoms with Crippen LogP contribution < -0.4 is 4.90 Å². The van der Waals surface area contributed by atoms with E-state index in [0.717, 1.165) is 22.8 Å². The molecule has 0 atom stereocenters. The number of aryl methyl sites for hydroxylation is 1. The van der Waals surface area contributed by atoms with Crippen LogP contribution in [0.2, 0.25) is 0 Å². The molecule has 0 unspecified atom stereocenters. The molecule has 1 heterocycles. The summed E-state index contributed by atoms with van der Waals surface area (Å²) in [6, 6.07) is 2.28. The predicted molar refractivity (Wildman–Crippen MR) is 71.2 cm³/mol. The summed E-state index contributed by atoms with van der Waals surface area (Å²) in [6.07, 6.45) is 0. The third-order valence-corrected chi connectivity index (χ3v) is 3.53. The standard InChI is InChI=1S/C13H14F2N2OS/c1-8-16-10(7-19-8)5-17(2)13-11(14)3-9(6-18)4-12(13)15/h3-4,7,18H,5-6H2,1-2H3. The highest BCUT2D eigenvalue weighted by Gasteiger charge is 2.16. The summed E-state index contributed by atoms with van der Waals surface area (Å²) in [5, 5.41) is 11.7. The van der Waals surface area contributed by atoms with E-state index in [-0.39, 0.29) is 17.9 Å². The van der Waals surface area contributed by atoms with Gasteiger partial charge in [0.25, 0.3) is 0 Å². The molecule has 0 bridgehead atoms. The Bertz CT molecular complexity index is 563. The fraction of sp³-hybridized carbons (Fsp3) is 0.308. The van der Waals surface area contributed by atoms with Crippen LogP contribution in [0.4, 0.5) is 14.5 Å². The molecular weight excluding hydrogens is 270 g/mol. The van der Waals surface area contributed by atoms with E-state index in [0.29, 0.717) is 6.54 Å². The maximum Gasteiger partial charge on any atom is 0.149 e. The first-order valence-corrected chi connectivity index (χ1v) is 6.60. The Labute approximate surface area is 114 Å². The first-order chi connectivity index (χ1) is 9.01. The molecular formula is C13H14F2N2OS. The zero-order valence-corrected chi connectivity index (χ0v) is 11.5. The van der Waals surface area contributed by atoms with Crippen molar-refractivity contribution in [2.45, 2.75) is 20.1 Å². The molecule has 2 rings (SSSR count). The van der Waals surface area contributed by atoms with Crippen molar-refractivity contribution in [2.24, 2.45) is 0 Å². The molecule has 0 aliphatic rings. The van der Waals surface area contributed by atoms with Gasteiger partial charge in [-0.2, -0.15) is 0 Å². The van der Waals surface area contributed by atoms with Crippen molar-refractivity contribution in [3.05, 3.63) is 45.4 Å². The van der Waals surface area contributed by atoms with Crippen LogP contribution in [-0.2, 0) is 13.2 Å². The second-order valence-corrected chi connectivity index (χ2v) is 5.34. The largest absolute Gasteiger partial charge is 0.392 e. The van der Waals surface area contributed by atoms with Crippen LogP contribution in [0.1, 0.15) is 16.3 Å². The van der Waals surface area contributed by atoms with Crippen molar-refractivity contribution in [2.75, 3.05) is 11.9 Å². The molecule has 3 nitrogen and oxygen atoms in total. The van der Waals surface area contributed by atoms with Gasteiger partial charge in [0, 0.05) is 12.4 Å². The molecule has 0 amide bonds. The van der Waals surface area contributed by atoms with Gasteiger partial charge in [0.2, 0.25) is 0 Å². The first kappa shape index (κ1) is 13.9. The summed E-state index contributed by atoms with van der Waals surface area (Å²) >= 11 is 1.50. The van der Waals surface area contributed by atoms with Crippen LogP contribution in [0.25, 0.3) is 0 Å². The van der Waals surface area contributed by atoms with Gasteiger partial charge in [0.1, 0.15) is 17.3 Å². The van der Waals surface area contributed by atoms with E-state index in [9.17, 15) is 8.78 Å². The molecule has 0 spiro atoms. The maximum absolute atomic E-state index is 13.8. The highest BCUT2D eigenvalue weighted by molar-refractivity contribution is 7.09. The number of hydrogen-bond donors (Lipinski definition) is 1. The Balaban J connectivity index is 2.26. The van der Waals surface area contributed by atoms with Crippen molar-refractivity contribution >= 4 is 17.0 Å². The Hall–Kier alpha value is -1.53. The van der Waals surface area contributed by atoms with Crippen LogP contribution in [0.5, 0.6) is 0 Å². The number of rotatable bonds is 4. The average Bonchev–Trinajstić information content (AvgIpc) is 2.73. The molecule has 102 valence electrons. The zero-order valence-electron chi connectivity index (χ0n) is 10.7. The fourth-order valence-electron chi connectivity index (χ4n) is 1.88. The Morgan fingerprint density at radius 2 is 1.95 bits per heavy atom. The van der Waals surface area contributed by atoms with Crippen LogP contribution in [0, 0.1) is 18.6 Å². The van der Waals surface area contributed by atoms with Crippen molar-refractivity contribution in [3.63, 3.8) is 0 Å². The fourth-order valence-corrected chi connectivity index (χ4v) is 2.48. The number of aliphatic hydroxyl groups is 1. The Kier molecular flexibility index (Phi) is 4.11. The van der Waals surface area contributed by atoms with Crippen LogP contribution in [-0.4, -0.2) is 17.1 Å². The topological polar surface area (TPSA) is 36.4 Å². The zero-order chi connectivity index (χ0) is 14.0. The highest BCUT2D eigenvalue weighted by atomic mass is 32.1. The summed E-state index contributed by atoms with van der Waals surface area (Å²) in [7, 11) is 1.61. The molecule has 0 saturated carbocycles. The van der Waals surface area contributed by atoms with E-state index >= 15 is 0 Å². The van der Waals surface area contributed by atoms with Gasteiger partial charge < -0.3 is 10.0 Å². The quantitative estimate of drug-likeness (QED) is 0.938. The van der Waals surface area contributed by atoms with Gasteiger partial charge in [-0.15, -0.1) is 11.3 Å². The lowest BCUT2D eigenvalue weighted by molar-refractivity contribution is 0.280. The van der Waals surface area contributed by atoms with Gasteiger partial charge in [0.05, 0.1) is 23.9 Å². The molecule has 19 heavy (non-hydrogen) atoms. The number of hydrogen-bond acceptors (Lipinski definition) is 4. The van der Waals surface area contributed by atoms with Crippen LogP contribution in [0.15, 0.2) is 17.5 Å². The molecule has 1 N–H and O–H groups in total. The minimum atomic E-state index is -0.682. The number of aromatic nitrogens is 1. The Morgan fingerprint density at radius 3 is 2.42 bits per heavy atom. The smallest absolute Gasteiger partial charge is 0.149 e. The van der Waals surface area contributed by atoms with Crippen molar-refractivity contribution in [3.8, 4) is 0 Å². The highest BCUT2D eigenvalue weighted by Crippen LogP contribution is 2.25. The number of thiazole rings is 1. The van der Waals surface area contributed by atoms with Crippen molar-refractivity contribution in [1.82, 2.24) is 4.98 Å². The van der Waals surface area contributed by atoms with Gasteiger partial charge >= 0.3 is 0 Å². The van der Waals surface area contributed by atoms with E-state index in [1.54, 1.807) is 7.05 Å². The van der Waals surface area contributed by atoms with Gasteiger partial charge in [-0.1, -0.05) is 0 Å². The number of aliphatic hydroxyl groups excluding tert-OH is 1. The van der Waals surface area contributed by atoms with Gasteiger partial charge in [-0.05, 0) is 24.6 Å². The summed E-state index contributed by atoms with van der Waals surface area (Å²) in [5.74, 6) is -1.36. The predicted octanol–water partition coefficient (Wildman–Crippen LogP) is 2.86. The van der Waals surface area contributed by atoms with Crippen molar-refractivity contribution < 1.29 is 13.9 Å². The van der Waals surface area contributed by atoms with Gasteiger partial charge in [-0.3, -0.25) is 0 Å². The molecule has 0 aliphatic heterocycles. The van der Waals surface area contributed by atoms with Crippen LogP contribution in [0.3, 0.4) is 0 Å². The van der Waals surface area contributed by atoms with E-state index in [4.69, 9.17) is 5.11 Å². The lowest BCUT2D eigenvalue weighted by Crippen LogP contribution is -2.19. The molecule has 6 heteroatoms. The number of halogens is 2. The van der Waals surface area contributed by atoms with Crippen LogP contribution >= 0.6 is 11.3 Å². The maximum atomic E-state index is 13.8. The Morgan fingerprint density at radius 1 is 1.32 bits per heavy atom. The summed E-state index contributed by atoms with van der Waals surface area (Å²) in [5.41, 5.74) is 0.884. The lowest BCUT2D eigenvalue weighted by Gasteiger charge is -2.20. The van der Waals surface area contributed by atoms with E-state index < -0.39 is 11.6 Å². The third kappa shape index (κ3) is 3.08. The van der Waals surface area contributed by atoms with Crippen molar-refractivity contribution in [1.29, 1.82) is 0 Å². The van der Waals surface area contributed by atoms with Gasteiger partial charge in [-0.25, -0.2) is 13.8 Å². The minimum Gasteiger partial charge on any atom is -0.392 e. The monoisotopic (exact) mass is 284 g/mol. The molecule has 0 radical (unpaired) electrons. The molecule has 1 aromatic heterocycles. The lowest BCUT2D eigenvalue weighted by atomic mass is 10.2. The molecule has 0 fully saturated rings. The number of nitrogens with zero attached hydrogens (tertiary/aromatic N) is 2. The second kappa shape index (κ2) is 5.63. The van der Waals surface area contributed by atoms with E-state index in [2.05, 4.69) is 4.98 Å². The molecule has 1 aromatic carbocycles. The van der Waals surface area contributed by atoms with Gasteiger partial charge in [0.15, 0.2) is 0 Å². The average molecular weight is 284 g/mol. The van der Waals surface area contributed by atoms with E-state index in [1.165, 1.54) is 16.2 Å². The SMILES string of the molecule is Cc1nc(CN(C)c2c(F)cc(CO)cc2F)cs1. The molecule has 2 aromatic rings. The summed E-state index contributed by atoms with van der Waals surface area (Å²) in [6.45, 7) is 1.82. The number of anilines is 1. The number of benzene rings is 1. The normalized spacial score (nSPS) is 10.8. The molecule has 0 saturated heterocycles.